The summed E-state index contributed by atoms with van der Waals surface area (Å²) >= 11 is 0. The fourth-order valence-electron chi connectivity index (χ4n) is 1.83. The first-order valence-electron chi connectivity index (χ1n) is 6.22. The molecular formula is C16H15FO2S. The number of hydrogen-bond acceptors (Lipinski definition) is 2. The Kier molecular flexibility index (Phi) is 4.69. The van der Waals surface area contributed by atoms with E-state index in [1.54, 1.807) is 18.2 Å². The lowest BCUT2D eigenvalue weighted by Gasteiger charge is -2.02. The van der Waals surface area contributed by atoms with Gasteiger partial charge < -0.3 is 0 Å². The fourth-order valence-corrected chi connectivity index (χ4v) is 3.03. The summed E-state index contributed by atoms with van der Waals surface area (Å²) in [7, 11) is -3.28. The van der Waals surface area contributed by atoms with E-state index in [1.165, 1.54) is 18.2 Å². The van der Waals surface area contributed by atoms with Gasteiger partial charge in [0.1, 0.15) is 5.82 Å². The zero-order chi connectivity index (χ0) is 14.4. The summed E-state index contributed by atoms with van der Waals surface area (Å²) in [6, 6.07) is 15.1. The topological polar surface area (TPSA) is 34.1 Å². The van der Waals surface area contributed by atoms with Crippen molar-refractivity contribution in [3.63, 3.8) is 0 Å². The Bertz CT molecular complexity index is 691. The van der Waals surface area contributed by atoms with E-state index in [9.17, 15) is 12.8 Å². The van der Waals surface area contributed by atoms with Crippen LogP contribution in [0.25, 0.3) is 6.08 Å². The number of hydrogen-bond donors (Lipinski definition) is 0. The van der Waals surface area contributed by atoms with Crippen LogP contribution in [0.4, 0.5) is 4.39 Å². The van der Waals surface area contributed by atoms with Crippen molar-refractivity contribution in [1.82, 2.24) is 0 Å². The lowest BCUT2D eigenvalue weighted by Crippen LogP contribution is -2.07. The standard InChI is InChI=1S/C16H15FO2S/c17-16-10-4-8-15(12-16)13-20(18,19)11-5-9-14-6-2-1-3-7-14/h1-10,12H,11,13H2/b9-5-. The molecule has 20 heavy (non-hydrogen) atoms. The highest BCUT2D eigenvalue weighted by atomic mass is 32.2. The van der Waals surface area contributed by atoms with E-state index >= 15 is 0 Å². The first kappa shape index (κ1) is 14.5. The minimum Gasteiger partial charge on any atom is -0.228 e. The van der Waals surface area contributed by atoms with Crippen LogP contribution in [0.15, 0.2) is 60.7 Å². The molecule has 2 rings (SSSR count). The van der Waals surface area contributed by atoms with Crippen molar-refractivity contribution in [2.75, 3.05) is 5.75 Å². The van der Waals surface area contributed by atoms with Crippen molar-refractivity contribution in [3.05, 3.63) is 77.6 Å². The summed E-state index contributed by atoms with van der Waals surface area (Å²) in [6.07, 6.45) is 3.38. The molecule has 4 heteroatoms. The number of benzene rings is 2. The van der Waals surface area contributed by atoms with Crippen molar-refractivity contribution in [2.45, 2.75) is 5.75 Å². The molecule has 0 aliphatic carbocycles. The highest BCUT2D eigenvalue weighted by Gasteiger charge is 2.10. The number of halogens is 1. The summed E-state index contributed by atoms with van der Waals surface area (Å²) < 4.78 is 36.9. The molecule has 0 radical (unpaired) electrons. The summed E-state index contributed by atoms with van der Waals surface area (Å²) in [4.78, 5) is 0. The maximum absolute atomic E-state index is 13.0. The Balaban J connectivity index is 2.00. The van der Waals surface area contributed by atoms with Gasteiger partial charge in [0, 0.05) is 0 Å². The molecule has 2 nitrogen and oxygen atoms in total. The molecule has 0 atom stereocenters. The average molecular weight is 290 g/mol. The predicted octanol–water partition coefficient (Wildman–Crippen LogP) is 3.45. The van der Waals surface area contributed by atoms with Crippen LogP contribution < -0.4 is 0 Å². The zero-order valence-electron chi connectivity index (χ0n) is 10.9. The minimum absolute atomic E-state index is 0.0571. The molecule has 0 unspecified atom stereocenters. The highest BCUT2D eigenvalue weighted by Crippen LogP contribution is 2.10. The Morgan fingerprint density at radius 1 is 1.00 bits per heavy atom. The van der Waals surface area contributed by atoms with Gasteiger partial charge >= 0.3 is 0 Å². The lowest BCUT2D eigenvalue weighted by molar-refractivity contribution is 0.597. The molecule has 0 aromatic heterocycles. The van der Waals surface area contributed by atoms with E-state index in [0.717, 1.165) is 5.56 Å². The molecule has 2 aromatic carbocycles. The smallest absolute Gasteiger partial charge is 0.157 e. The molecule has 0 bridgehead atoms. The Morgan fingerprint density at radius 3 is 2.45 bits per heavy atom. The highest BCUT2D eigenvalue weighted by molar-refractivity contribution is 7.90. The van der Waals surface area contributed by atoms with Gasteiger partial charge in [0.2, 0.25) is 0 Å². The van der Waals surface area contributed by atoms with E-state index in [0.29, 0.717) is 5.56 Å². The normalized spacial score (nSPS) is 11.8. The zero-order valence-corrected chi connectivity index (χ0v) is 11.7. The van der Waals surface area contributed by atoms with E-state index in [4.69, 9.17) is 0 Å². The van der Waals surface area contributed by atoms with Gasteiger partial charge in [0.05, 0.1) is 11.5 Å². The Labute approximate surface area is 118 Å². The second-order valence-corrected chi connectivity index (χ2v) is 6.61. The molecule has 104 valence electrons. The van der Waals surface area contributed by atoms with E-state index < -0.39 is 15.7 Å². The first-order chi connectivity index (χ1) is 9.55. The lowest BCUT2D eigenvalue weighted by atomic mass is 10.2. The van der Waals surface area contributed by atoms with Gasteiger partial charge in [-0.05, 0) is 23.3 Å². The molecule has 0 spiro atoms. The van der Waals surface area contributed by atoms with Crippen molar-refractivity contribution in [2.24, 2.45) is 0 Å². The third-order valence-electron chi connectivity index (χ3n) is 2.74. The van der Waals surface area contributed by atoms with Gasteiger partial charge in [-0.3, -0.25) is 0 Å². The fraction of sp³-hybridized carbons (Fsp3) is 0.125. The SMILES string of the molecule is O=S(=O)(C/C=C\c1ccccc1)Cc1cccc(F)c1. The third kappa shape index (κ3) is 4.63. The quantitative estimate of drug-likeness (QED) is 0.845. The van der Waals surface area contributed by atoms with Gasteiger partial charge in [-0.2, -0.15) is 0 Å². The second-order valence-electron chi connectivity index (χ2n) is 4.50. The Hall–Kier alpha value is -1.94. The number of rotatable bonds is 5. The molecule has 0 saturated heterocycles. The van der Waals surface area contributed by atoms with E-state index in [2.05, 4.69) is 0 Å². The summed E-state index contributed by atoms with van der Waals surface area (Å²) in [5.41, 5.74) is 1.42. The molecular weight excluding hydrogens is 275 g/mol. The minimum atomic E-state index is -3.28. The Morgan fingerprint density at radius 2 is 1.75 bits per heavy atom. The molecule has 0 saturated carbocycles. The molecule has 2 aromatic rings. The van der Waals surface area contributed by atoms with E-state index in [-0.39, 0.29) is 11.5 Å². The van der Waals surface area contributed by atoms with Crippen LogP contribution in [0.2, 0.25) is 0 Å². The van der Waals surface area contributed by atoms with E-state index in [1.807, 2.05) is 30.3 Å². The van der Waals surface area contributed by atoms with Gasteiger partial charge in [-0.15, -0.1) is 0 Å². The summed E-state index contributed by atoms with van der Waals surface area (Å²) in [5.74, 6) is -0.625. The number of sulfone groups is 1. The monoisotopic (exact) mass is 290 g/mol. The molecule has 0 heterocycles. The molecule has 0 aliphatic rings. The average Bonchev–Trinajstić information content (AvgIpc) is 2.39. The van der Waals surface area contributed by atoms with Crippen molar-refractivity contribution >= 4 is 15.9 Å². The first-order valence-corrected chi connectivity index (χ1v) is 8.04. The van der Waals surface area contributed by atoms with Crippen LogP contribution in [0.1, 0.15) is 11.1 Å². The van der Waals surface area contributed by atoms with Gasteiger partial charge in [0.15, 0.2) is 9.84 Å². The maximum atomic E-state index is 13.0. The van der Waals surface area contributed by atoms with Gasteiger partial charge in [-0.25, -0.2) is 12.8 Å². The van der Waals surface area contributed by atoms with Crippen molar-refractivity contribution in [3.8, 4) is 0 Å². The largest absolute Gasteiger partial charge is 0.228 e. The van der Waals surface area contributed by atoms with Crippen LogP contribution in [0, 0.1) is 5.82 Å². The molecule has 0 amide bonds. The molecule has 0 N–H and O–H groups in total. The second kappa shape index (κ2) is 6.48. The maximum Gasteiger partial charge on any atom is 0.157 e. The third-order valence-corrected chi connectivity index (χ3v) is 4.21. The van der Waals surface area contributed by atoms with Crippen LogP contribution in [0.3, 0.4) is 0 Å². The van der Waals surface area contributed by atoms with Crippen molar-refractivity contribution in [1.29, 1.82) is 0 Å². The van der Waals surface area contributed by atoms with Gasteiger partial charge in [0.25, 0.3) is 0 Å². The summed E-state index contributed by atoms with van der Waals surface area (Å²) in [5, 5.41) is 0. The van der Waals surface area contributed by atoms with Crippen LogP contribution in [-0.4, -0.2) is 14.2 Å². The van der Waals surface area contributed by atoms with Gasteiger partial charge in [-0.1, -0.05) is 54.6 Å². The van der Waals surface area contributed by atoms with Crippen molar-refractivity contribution < 1.29 is 12.8 Å². The van der Waals surface area contributed by atoms with Crippen LogP contribution in [0.5, 0.6) is 0 Å². The van der Waals surface area contributed by atoms with Crippen LogP contribution in [-0.2, 0) is 15.6 Å². The van der Waals surface area contributed by atoms with Crippen LogP contribution >= 0.6 is 0 Å². The molecule has 0 aliphatic heterocycles. The summed E-state index contributed by atoms with van der Waals surface area (Å²) in [6.45, 7) is 0. The predicted molar refractivity (Wildman–Crippen MR) is 79.4 cm³/mol. The molecule has 0 fully saturated rings.